The number of benzene rings is 1. The molecule has 7 heteroatoms. The summed E-state index contributed by atoms with van der Waals surface area (Å²) in [6.07, 6.45) is 0. The van der Waals surface area contributed by atoms with E-state index < -0.39 is 32.3 Å². The maximum absolute atomic E-state index is 13.5. The minimum atomic E-state index is -3.93. The molecule has 0 bridgehead atoms. The Bertz CT molecular complexity index is 761. The summed E-state index contributed by atoms with van der Waals surface area (Å²) >= 11 is 0. The average molecular weight is 298 g/mol. The highest BCUT2D eigenvalue weighted by Gasteiger charge is 2.23. The molecule has 0 amide bonds. The number of carbonyl (C=O) groups is 1. The molecule has 0 unspecified atom stereocenters. The Kier molecular flexibility index (Phi) is 3.63. The zero-order valence-corrected chi connectivity index (χ0v) is 11.3. The van der Waals surface area contributed by atoms with Crippen LogP contribution in [0.3, 0.4) is 0 Å². The molecule has 106 valence electrons. The summed E-state index contributed by atoms with van der Waals surface area (Å²) in [5, 5.41) is 8.84. The van der Waals surface area contributed by atoms with Crippen LogP contribution in [-0.2, 0) is 15.6 Å². The SMILES string of the molecule is Cc1cc(CS(=O)(=O)c2ccccc2F)oc1C(=O)O. The summed E-state index contributed by atoms with van der Waals surface area (Å²) in [4.78, 5) is 10.4. The standard InChI is InChI=1S/C13H11FO5S/c1-8-6-9(19-12(8)13(15)16)7-20(17,18)11-5-3-2-4-10(11)14/h2-6H,7H2,1H3,(H,15,16). The van der Waals surface area contributed by atoms with Crippen LogP contribution in [0, 0.1) is 12.7 Å². The Balaban J connectivity index is 2.37. The van der Waals surface area contributed by atoms with Crippen molar-refractivity contribution in [3.63, 3.8) is 0 Å². The first-order chi connectivity index (χ1) is 9.31. The zero-order valence-electron chi connectivity index (χ0n) is 10.5. The molecule has 0 radical (unpaired) electrons. The molecule has 0 aliphatic carbocycles. The monoisotopic (exact) mass is 298 g/mol. The van der Waals surface area contributed by atoms with Gasteiger partial charge >= 0.3 is 5.97 Å². The first-order valence-corrected chi connectivity index (χ1v) is 7.26. The number of sulfone groups is 1. The Morgan fingerprint density at radius 3 is 2.55 bits per heavy atom. The number of rotatable bonds is 4. The van der Waals surface area contributed by atoms with Crippen molar-refractivity contribution in [2.45, 2.75) is 17.6 Å². The van der Waals surface area contributed by atoms with Crippen LogP contribution in [0.2, 0.25) is 0 Å². The molecule has 2 aromatic rings. The summed E-state index contributed by atoms with van der Waals surface area (Å²) in [6, 6.07) is 6.31. The van der Waals surface area contributed by atoms with Gasteiger partial charge in [-0.05, 0) is 25.1 Å². The van der Waals surface area contributed by atoms with Crippen molar-refractivity contribution >= 4 is 15.8 Å². The molecule has 5 nitrogen and oxygen atoms in total. The van der Waals surface area contributed by atoms with Crippen LogP contribution >= 0.6 is 0 Å². The van der Waals surface area contributed by atoms with Crippen LogP contribution in [0.1, 0.15) is 21.9 Å². The van der Waals surface area contributed by atoms with E-state index in [9.17, 15) is 17.6 Å². The predicted octanol–water partition coefficient (Wildman–Crippen LogP) is 2.40. The third-order valence-electron chi connectivity index (χ3n) is 2.67. The van der Waals surface area contributed by atoms with Crippen LogP contribution in [0.25, 0.3) is 0 Å². The number of hydrogen-bond donors (Lipinski definition) is 1. The molecule has 1 N–H and O–H groups in total. The van der Waals surface area contributed by atoms with Crippen molar-refractivity contribution in [2.24, 2.45) is 0 Å². The normalized spacial score (nSPS) is 11.5. The maximum atomic E-state index is 13.5. The highest BCUT2D eigenvalue weighted by atomic mass is 32.2. The largest absolute Gasteiger partial charge is 0.475 e. The molecule has 20 heavy (non-hydrogen) atoms. The zero-order chi connectivity index (χ0) is 14.9. The lowest BCUT2D eigenvalue weighted by Crippen LogP contribution is -2.06. The maximum Gasteiger partial charge on any atom is 0.372 e. The summed E-state index contributed by atoms with van der Waals surface area (Å²) < 4.78 is 42.6. The van der Waals surface area contributed by atoms with Gasteiger partial charge in [-0.25, -0.2) is 17.6 Å². The number of halogens is 1. The predicted molar refractivity (Wildman–Crippen MR) is 67.7 cm³/mol. The quantitative estimate of drug-likeness (QED) is 0.937. The van der Waals surface area contributed by atoms with Crippen LogP contribution in [-0.4, -0.2) is 19.5 Å². The first-order valence-electron chi connectivity index (χ1n) is 5.61. The minimum Gasteiger partial charge on any atom is -0.475 e. The molecule has 0 aliphatic rings. The average Bonchev–Trinajstić information content (AvgIpc) is 2.69. The fraction of sp³-hybridized carbons (Fsp3) is 0.154. The molecule has 0 fully saturated rings. The number of hydrogen-bond acceptors (Lipinski definition) is 4. The number of furan rings is 1. The lowest BCUT2D eigenvalue weighted by atomic mass is 10.3. The number of carboxylic acids is 1. The molecular weight excluding hydrogens is 287 g/mol. The molecule has 0 saturated heterocycles. The van der Waals surface area contributed by atoms with Crippen LogP contribution in [0.4, 0.5) is 4.39 Å². The Morgan fingerprint density at radius 2 is 2.00 bits per heavy atom. The smallest absolute Gasteiger partial charge is 0.372 e. The van der Waals surface area contributed by atoms with Gasteiger partial charge in [0.25, 0.3) is 0 Å². The van der Waals surface area contributed by atoms with Crippen molar-refractivity contribution in [3.8, 4) is 0 Å². The summed E-state index contributed by atoms with van der Waals surface area (Å²) in [6.45, 7) is 1.49. The molecule has 2 rings (SSSR count). The lowest BCUT2D eigenvalue weighted by Gasteiger charge is -2.03. The third kappa shape index (κ3) is 2.72. The summed E-state index contributed by atoms with van der Waals surface area (Å²) in [5.41, 5.74) is 0.316. The van der Waals surface area contributed by atoms with Gasteiger partial charge in [-0.3, -0.25) is 0 Å². The van der Waals surface area contributed by atoms with E-state index in [2.05, 4.69) is 0 Å². The molecule has 0 spiro atoms. The topological polar surface area (TPSA) is 84.6 Å². The van der Waals surface area contributed by atoms with Gasteiger partial charge in [-0.2, -0.15) is 0 Å². The van der Waals surface area contributed by atoms with Crippen molar-refractivity contribution in [1.82, 2.24) is 0 Å². The molecule has 0 saturated carbocycles. The van der Waals surface area contributed by atoms with Gasteiger partial charge in [-0.1, -0.05) is 12.1 Å². The van der Waals surface area contributed by atoms with Crippen LogP contribution < -0.4 is 0 Å². The van der Waals surface area contributed by atoms with Gasteiger partial charge < -0.3 is 9.52 Å². The van der Waals surface area contributed by atoms with Gasteiger partial charge in [0.1, 0.15) is 22.2 Å². The second kappa shape index (κ2) is 5.09. The van der Waals surface area contributed by atoms with E-state index in [0.717, 1.165) is 12.1 Å². The lowest BCUT2D eigenvalue weighted by molar-refractivity contribution is 0.0659. The van der Waals surface area contributed by atoms with Gasteiger partial charge in [0.2, 0.25) is 5.76 Å². The highest BCUT2D eigenvalue weighted by Crippen LogP contribution is 2.22. The van der Waals surface area contributed by atoms with Gasteiger partial charge in [0.15, 0.2) is 9.84 Å². The van der Waals surface area contributed by atoms with Crippen molar-refractivity contribution in [1.29, 1.82) is 0 Å². The van der Waals surface area contributed by atoms with Crippen LogP contribution in [0.5, 0.6) is 0 Å². The van der Waals surface area contributed by atoms with Crippen molar-refractivity contribution in [2.75, 3.05) is 0 Å². The second-order valence-corrected chi connectivity index (χ2v) is 6.18. The number of aryl methyl sites for hydroxylation is 1. The molecule has 1 aromatic heterocycles. The van der Waals surface area contributed by atoms with Gasteiger partial charge in [-0.15, -0.1) is 0 Å². The van der Waals surface area contributed by atoms with E-state index >= 15 is 0 Å². The summed E-state index contributed by atoms with van der Waals surface area (Å²) in [5.74, 6) is -3.08. The van der Waals surface area contributed by atoms with E-state index in [4.69, 9.17) is 9.52 Å². The second-order valence-electron chi connectivity index (χ2n) is 4.22. The molecule has 0 aliphatic heterocycles. The molecule has 0 atom stereocenters. The van der Waals surface area contributed by atoms with E-state index in [1.54, 1.807) is 0 Å². The fourth-order valence-corrected chi connectivity index (χ4v) is 3.12. The minimum absolute atomic E-state index is 0.0387. The molecule has 1 aromatic carbocycles. The number of carboxylic acid groups (broad SMARTS) is 1. The number of aromatic carboxylic acids is 1. The van der Waals surface area contributed by atoms with E-state index in [0.29, 0.717) is 5.56 Å². The van der Waals surface area contributed by atoms with Crippen molar-refractivity contribution < 1.29 is 27.1 Å². The van der Waals surface area contributed by atoms with E-state index in [1.165, 1.54) is 25.1 Å². The van der Waals surface area contributed by atoms with Crippen LogP contribution in [0.15, 0.2) is 39.6 Å². The van der Waals surface area contributed by atoms with E-state index in [-0.39, 0.29) is 11.5 Å². The van der Waals surface area contributed by atoms with Gasteiger partial charge in [0.05, 0.1) is 0 Å². The fourth-order valence-electron chi connectivity index (χ4n) is 1.79. The highest BCUT2D eigenvalue weighted by molar-refractivity contribution is 7.90. The Morgan fingerprint density at radius 1 is 1.35 bits per heavy atom. The van der Waals surface area contributed by atoms with Crippen molar-refractivity contribution in [3.05, 3.63) is 53.2 Å². The first kappa shape index (κ1) is 14.3. The molecular formula is C13H11FO5S. The molecule has 1 heterocycles. The third-order valence-corrected chi connectivity index (χ3v) is 4.33. The van der Waals surface area contributed by atoms with E-state index in [1.807, 2.05) is 0 Å². The Hall–Kier alpha value is -2.15. The Labute approximate surface area is 114 Å². The summed E-state index contributed by atoms with van der Waals surface area (Å²) in [7, 11) is -3.93. The van der Waals surface area contributed by atoms with Gasteiger partial charge in [0, 0.05) is 5.56 Å².